The van der Waals surface area contributed by atoms with Gasteiger partial charge in [-0.2, -0.15) is 0 Å². The zero-order chi connectivity index (χ0) is 13.2. The lowest BCUT2D eigenvalue weighted by Gasteiger charge is -2.08. The summed E-state index contributed by atoms with van der Waals surface area (Å²) in [7, 11) is 0. The highest BCUT2D eigenvalue weighted by atomic mass is 16.3. The van der Waals surface area contributed by atoms with Crippen LogP contribution < -0.4 is 5.43 Å². The van der Waals surface area contributed by atoms with E-state index < -0.39 is 0 Å². The molecule has 94 valence electrons. The maximum atomic E-state index is 12.5. The molecule has 2 nitrogen and oxygen atoms in total. The van der Waals surface area contributed by atoms with Crippen molar-refractivity contribution in [3.05, 3.63) is 70.4 Å². The molecule has 0 saturated carbocycles. The summed E-state index contributed by atoms with van der Waals surface area (Å²) in [4.78, 5) is 12.5. The first-order chi connectivity index (χ1) is 9.31. The van der Waals surface area contributed by atoms with Crippen molar-refractivity contribution in [2.24, 2.45) is 0 Å². The second-order valence-corrected chi connectivity index (χ2v) is 4.45. The van der Waals surface area contributed by atoms with Crippen molar-refractivity contribution in [2.75, 3.05) is 0 Å². The van der Waals surface area contributed by atoms with Crippen LogP contribution in [0.4, 0.5) is 0 Å². The predicted molar refractivity (Wildman–Crippen MR) is 77.3 cm³/mol. The molecule has 0 aliphatic heterocycles. The van der Waals surface area contributed by atoms with Crippen LogP contribution in [-0.2, 0) is 6.42 Å². The summed E-state index contributed by atoms with van der Waals surface area (Å²) in [6.45, 7) is 1.98. The molecule has 3 aromatic rings. The van der Waals surface area contributed by atoms with E-state index in [4.69, 9.17) is 4.42 Å². The number of para-hydroxylation sites is 1. The van der Waals surface area contributed by atoms with Crippen LogP contribution in [0.25, 0.3) is 22.3 Å². The Kier molecular flexibility index (Phi) is 2.92. The van der Waals surface area contributed by atoms with Gasteiger partial charge >= 0.3 is 0 Å². The molecule has 1 aromatic heterocycles. The largest absolute Gasteiger partial charge is 0.456 e. The monoisotopic (exact) mass is 250 g/mol. The number of hydrogen-bond acceptors (Lipinski definition) is 2. The molecule has 0 aliphatic rings. The summed E-state index contributed by atoms with van der Waals surface area (Å²) in [5.41, 5.74) is 2.40. The van der Waals surface area contributed by atoms with E-state index >= 15 is 0 Å². The van der Waals surface area contributed by atoms with Crippen LogP contribution in [0.5, 0.6) is 0 Å². The van der Waals surface area contributed by atoms with E-state index in [0.29, 0.717) is 23.2 Å². The van der Waals surface area contributed by atoms with Crippen LogP contribution in [0.3, 0.4) is 0 Å². The number of benzene rings is 2. The Morgan fingerprint density at radius 2 is 1.63 bits per heavy atom. The topological polar surface area (TPSA) is 30.2 Å². The second-order valence-electron chi connectivity index (χ2n) is 4.45. The Morgan fingerprint density at radius 1 is 0.947 bits per heavy atom. The van der Waals surface area contributed by atoms with Crippen LogP contribution in [0.2, 0.25) is 0 Å². The Bertz CT molecular complexity index is 770. The Morgan fingerprint density at radius 3 is 2.37 bits per heavy atom. The molecule has 1 heterocycles. The minimum Gasteiger partial charge on any atom is -0.456 e. The van der Waals surface area contributed by atoms with Gasteiger partial charge < -0.3 is 4.42 Å². The van der Waals surface area contributed by atoms with Crippen molar-refractivity contribution in [1.29, 1.82) is 0 Å². The van der Waals surface area contributed by atoms with E-state index in [1.54, 1.807) is 0 Å². The van der Waals surface area contributed by atoms with Crippen LogP contribution in [0.15, 0.2) is 63.8 Å². The van der Waals surface area contributed by atoms with Crippen LogP contribution >= 0.6 is 0 Å². The molecule has 0 radical (unpaired) electrons. The van der Waals surface area contributed by atoms with Crippen LogP contribution in [0, 0.1) is 0 Å². The van der Waals surface area contributed by atoms with Gasteiger partial charge in [-0.15, -0.1) is 0 Å². The quantitative estimate of drug-likeness (QED) is 0.687. The maximum Gasteiger partial charge on any atom is 0.196 e. The molecule has 0 bridgehead atoms. The number of rotatable bonds is 2. The molecule has 0 saturated heterocycles. The van der Waals surface area contributed by atoms with E-state index in [2.05, 4.69) is 0 Å². The molecule has 0 atom stereocenters. The number of hydrogen-bond donors (Lipinski definition) is 0. The van der Waals surface area contributed by atoms with Gasteiger partial charge in [-0.25, -0.2) is 0 Å². The smallest absolute Gasteiger partial charge is 0.196 e. The van der Waals surface area contributed by atoms with Gasteiger partial charge in [0, 0.05) is 11.1 Å². The number of fused-ring (bicyclic) bond motifs is 1. The molecule has 0 fully saturated rings. The third-order valence-corrected chi connectivity index (χ3v) is 3.28. The molecule has 19 heavy (non-hydrogen) atoms. The van der Waals surface area contributed by atoms with Gasteiger partial charge in [0.15, 0.2) is 5.43 Å². The highest BCUT2D eigenvalue weighted by molar-refractivity contribution is 5.80. The summed E-state index contributed by atoms with van der Waals surface area (Å²) >= 11 is 0. The first-order valence-corrected chi connectivity index (χ1v) is 6.41. The normalized spacial score (nSPS) is 10.8. The van der Waals surface area contributed by atoms with Crippen molar-refractivity contribution in [2.45, 2.75) is 13.3 Å². The third-order valence-electron chi connectivity index (χ3n) is 3.28. The highest BCUT2D eigenvalue weighted by Crippen LogP contribution is 2.25. The molecular weight excluding hydrogens is 236 g/mol. The van der Waals surface area contributed by atoms with Crippen LogP contribution in [0.1, 0.15) is 12.5 Å². The van der Waals surface area contributed by atoms with E-state index in [0.717, 1.165) is 11.1 Å². The summed E-state index contributed by atoms with van der Waals surface area (Å²) in [5.74, 6) is 0.687. The zero-order valence-electron chi connectivity index (χ0n) is 10.7. The summed E-state index contributed by atoms with van der Waals surface area (Å²) in [6.07, 6.45) is 0.664. The second kappa shape index (κ2) is 4.73. The minimum absolute atomic E-state index is 0.0724. The minimum atomic E-state index is 0.0724. The zero-order valence-corrected chi connectivity index (χ0v) is 10.7. The molecule has 0 aliphatic carbocycles. The van der Waals surface area contributed by atoms with Gasteiger partial charge in [0.2, 0.25) is 0 Å². The fourth-order valence-electron chi connectivity index (χ4n) is 2.32. The van der Waals surface area contributed by atoms with Gasteiger partial charge in [0.25, 0.3) is 0 Å². The first kappa shape index (κ1) is 11.7. The fourth-order valence-corrected chi connectivity index (χ4v) is 2.32. The molecule has 3 rings (SSSR count). The lowest BCUT2D eigenvalue weighted by Crippen LogP contribution is -2.10. The predicted octanol–water partition coefficient (Wildman–Crippen LogP) is 4.02. The first-order valence-electron chi connectivity index (χ1n) is 6.41. The molecule has 0 unspecified atom stereocenters. The Labute approximate surface area is 111 Å². The van der Waals surface area contributed by atoms with E-state index in [1.165, 1.54) is 0 Å². The lowest BCUT2D eigenvalue weighted by molar-refractivity contribution is 0.611. The lowest BCUT2D eigenvalue weighted by atomic mass is 10.0. The maximum absolute atomic E-state index is 12.5. The van der Waals surface area contributed by atoms with Gasteiger partial charge in [-0.1, -0.05) is 49.4 Å². The van der Waals surface area contributed by atoms with Gasteiger partial charge in [0.05, 0.1) is 5.39 Å². The van der Waals surface area contributed by atoms with Crippen molar-refractivity contribution < 1.29 is 4.42 Å². The van der Waals surface area contributed by atoms with Gasteiger partial charge in [0.1, 0.15) is 11.3 Å². The Hall–Kier alpha value is -2.35. The molecule has 0 N–H and O–H groups in total. The van der Waals surface area contributed by atoms with Crippen molar-refractivity contribution in [3.63, 3.8) is 0 Å². The van der Waals surface area contributed by atoms with Crippen molar-refractivity contribution in [3.8, 4) is 11.3 Å². The summed E-state index contributed by atoms with van der Waals surface area (Å²) in [6, 6.07) is 17.2. The van der Waals surface area contributed by atoms with E-state index in [1.807, 2.05) is 61.5 Å². The summed E-state index contributed by atoms with van der Waals surface area (Å²) < 4.78 is 5.95. The average Bonchev–Trinajstić information content (AvgIpc) is 2.48. The van der Waals surface area contributed by atoms with Crippen LogP contribution in [-0.4, -0.2) is 0 Å². The summed E-state index contributed by atoms with van der Waals surface area (Å²) in [5, 5.41) is 0.652. The molecular formula is C17H14O2. The molecule has 2 heteroatoms. The fraction of sp³-hybridized carbons (Fsp3) is 0.118. The molecule has 0 spiro atoms. The SMILES string of the molecule is CCc1c(-c2ccccc2)oc2ccccc2c1=O. The van der Waals surface area contributed by atoms with Crippen molar-refractivity contribution >= 4 is 11.0 Å². The van der Waals surface area contributed by atoms with Crippen molar-refractivity contribution in [1.82, 2.24) is 0 Å². The van der Waals surface area contributed by atoms with Gasteiger partial charge in [-0.05, 0) is 18.6 Å². The average molecular weight is 250 g/mol. The Balaban J connectivity index is 2.39. The highest BCUT2D eigenvalue weighted by Gasteiger charge is 2.13. The van der Waals surface area contributed by atoms with E-state index in [-0.39, 0.29) is 5.43 Å². The standard InChI is InChI=1S/C17H14O2/c1-2-13-16(18)14-10-6-7-11-15(14)19-17(13)12-8-4-3-5-9-12/h3-11H,2H2,1H3. The van der Waals surface area contributed by atoms with Gasteiger partial charge in [-0.3, -0.25) is 4.79 Å². The van der Waals surface area contributed by atoms with E-state index in [9.17, 15) is 4.79 Å². The molecule has 2 aromatic carbocycles. The molecule has 0 amide bonds. The third kappa shape index (κ3) is 1.95.